The number of amides is 2. The van der Waals surface area contributed by atoms with Gasteiger partial charge in [-0.3, -0.25) is 9.59 Å². The molecule has 1 atom stereocenters. The quantitative estimate of drug-likeness (QED) is 0.725. The molecule has 1 aromatic rings. The zero-order chi connectivity index (χ0) is 13.1. The van der Waals surface area contributed by atoms with Crippen LogP contribution in [0.5, 0.6) is 0 Å². The summed E-state index contributed by atoms with van der Waals surface area (Å²) in [6, 6.07) is 5.58. The second-order valence-electron chi connectivity index (χ2n) is 4.67. The molecule has 96 valence electrons. The van der Waals surface area contributed by atoms with E-state index in [4.69, 9.17) is 5.73 Å². The van der Waals surface area contributed by atoms with Gasteiger partial charge >= 0.3 is 0 Å². The van der Waals surface area contributed by atoms with E-state index in [1.165, 1.54) is 0 Å². The van der Waals surface area contributed by atoms with Crippen molar-refractivity contribution in [1.82, 2.24) is 5.32 Å². The van der Waals surface area contributed by atoms with Crippen molar-refractivity contribution >= 4 is 17.5 Å². The molecule has 18 heavy (non-hydrogen) atoms. The van der Waals surface area contributed by atoms with Crippen LogP contribution >= 0.6 is 0 Å². The van der Waals surface area contributed by atoms with Gasteiger partial charge in [-0.1, -0.05) is 12.1 Å². The van der Waals surface area contributed by atoms with Gasteiger partial charge in [-0.2, -0.15) is 0 Å². The standard InChI is InChI=1S/C13H17N3O2/c1-8(14)4-12(17)15-7-9-2-3-11-10(5-9)6-13(18)16-11/h2-3,5,8H,4,6-7,14H2,1H3,(H,15,17)(H,16,18). The van der Waals surface area contributed by atoms with Crippen LogP contribution in [0.4, 0.5) is 5.69 Å². The first-order valence-electron chi connectivity index (χ1n) is 5.98. The molecule has 2 amide bonds. The Balaban J connectivity index is 1.93. The summed E-state index contributed by atoms with van der Waals surface area (Å²) < 4.78 is 0. The Kier molecular flexibility index (Phi) is 3.62. The van der Waals surface area contributed by atoms with Gasteiger partial charge in [0, 0.05) is 24.7 Å². The Bertz CT molecular complexity index is 483. The lowest BCUT2D eigenvalue weighted by Crippen LogP contribution is -2.29. The van der Waals surface area contributed by atoms with Crippen molar-refractivity contribution in [2.75, 3.05) is 5.32 Å². The lowest BCUT2D eigenvalue weighted by Gasteiger charge is -2.08. The number of anilines is 1. The average Bonchev–Trinajstić information content (AvgIpc) is 2.64. The van der Waals surface area contributed by atoms with Crippen molar-refractivity contribution < 1.29 is 9.59 Å². The molecular weight excluding hydrogens is 230 g/mol. The van der Waals surface area contributed by atoms with Gasteiger partial charge in [0.15, 0.2) is 0 Å². The van der Waals surface area contributed by atoms with Crippen LogP contribution < -0.4 is 16.4 Å². The smallest absolute Gasteiger partial charge is 0.228 e. The van der Waals surface area contributed by atoms with Gasteiger partial charge in [-0.25, -0.2) is 0 Å². The summed E-state index contributed by atoms with van der Waals surface area (Å²) in [5, 5.41) is 5.58. The Hall–Kier alpha value is -1.88. The number of hydrogen-bond acceptors (Lipinski definition) is 3. The normalized spacial score (nSPS) is 14.9. The number of fused-ring (bicyclic) bond motifs is 1. The Morgan fingerprint density at radius 2 is 2.33 bits per heavy atom. The summed E-state index contributed by atoms with van der Waals surface area (Å²) in [6.45, 7) is 2.26. The van der Waals surface area contributed by atoms with Crippen LogP contribution in [0.2, 0.25) is 0 Å². The fourth-order valence-corrected chi connectivity index (χ4v) is 1.96. The van der Waals surface area contributed by atoms with E-state index in [1.807, 2.05) is 18.2 Å². The molecule has 5 heteroatoms. The van der Waals surface area contributed by atoms with Gasteiger partial charge in [0.2, 0.25) is 11.8 Å². The molecule has 0 saturated carbocycles. The first kappa shape index (κ1) is 12.6. The highest BCUT2D eigenvalue weighted by Crippen LogP contribution is 2.23. The molecule has 0 saturated heterocycles. The fourth-order valence-electron chi connectivity index (χ4n) is 1.96. The Morgan fingerprint density at radius 1 is 1.56 bits per heavy atom. The molecule has 0 aromatic heterocycles. The van der Waals surface area contributed by atoms with E-state index in [0.29, 0.717) is 19.4 Å². The van der Waals surface area contributed by atoms with Crippen molar-refractivity contribution in [2.45, 2.75) is 32.4 Å². The predicted molar refractivity (Wildman–Crippen MR) is 68.9 cm³/mol. The van der Waals surface area contributed by atoms with Crippen molar-refractivity contribution in [3.8, 4) is 0 Å². The molecule has 0 radical (unpaired) electrons. The molecule has 4 N–H and O–H groups in total. The first-order chi connectivity index (χ1) is 8.54. The van der Waals surface area contributed by atoms with Crippen LogP contribution in [0, 0.1) is 0 Å². The summed E-state index contributed by atoms with van der Waals surface area (Å²) >= 11 is 0. The van der Waals surface area contributed by atoms with E-state index < -0.39 is 0 Å². The third kappa shape index (κ3) is 3.07. The van der Waals surface area contributed by atoms with E-state index in [1.54, 1.807) is 6.92 Å². The Morgan fingerprint density at radius 3 is 3.06 bits per heavy atom. The highest BCUT2D eigenvalue weighted by atomic mass is 16.2. The van der Waals surface area contributed by atoms with Gasteiger partial charge < -0.3 is 16.4 Å². The summed E-state index contributed by atoms with van der Waals surface area (Å²) in [7, 11) is 0. The molecule has 1 aliphatic rings. The maximum Gasteiger partial charge on any atom is 0.228 e. The molecule has 5 nitrogen and oxygen atoms in total. The first-order valence-corrected chi connectivity index (χ1v) is 5.98. The van der Waals surface area contributed by atoms with E-state index in [9.17, 15) is 9.59 Å². The van der Waals surface area contributed by atoms with Crippen LogP contribution in [0.15, 0.2) is 18.2 Å². The number of benzene rings is 1. The Labute approximate surface area is 106 Å². The zero-order valence-electron chi connectivity index (χ0n) is 10.3. The minimum Gasteiger partial charge on any atom is -0.352 e. The van der Waals surface area contributed by atoms with E-state index in [0.717, 1.165) is 16.8 Å². The topological polar surface area (TPSA) is 84.2 Å². The average molecular weight is 247 g/mol. The fraction of sp³-hybridized carbons (Fsp3) is 0.385. The summed E-state index contributed by atoms with van der Waals surface area (Å²) in [6.07, 6.45) is 0.738. The van der Waals surface area contributed by atoms with E-state index >= 15 is 0 Å². The molecular formula is C13H17N3O2. The van der Waals surface area contributed by atoms with Crippen molar-refractivity contribution in [3.05, 3.63) is 29.3 Å². The predicted octanol–water partition coefficient (Wildman–Crippen LogP) is 0.535. The maximum absolute atomic E-state index is 11.5. The largest absolute Gasteiger partial charge is 0.352 e. The molecule has 0 spiro atoms. The molecule has 0 fully saturated rings. The highest BCUT2D eigenvalue weighted by Gasteiger charge is 2.17. The van der Waals surface area contributed by atoms with Crippen molar-refractivity contribution in [3.63, 3.8) is 0 Å². The minimum absolute atomic E-state index is 0.0168. The van der Waals surface area contributed by atoms with Gasteiger partial charge in [0.1, 0.15) is 0 Å². The SMILES string of the molecule is CC(N)CC(=O)NCc1ccc2c(c1)CC(=O)N2. The second-order valence-corrected chi connectivity index (χ2v) is 4.67. The number of hydrogen-bond donors (Lipinski definition) is 3. The highest BCUT2D eigenvalue weighted by molar-refractivity contribution is 5.99. The minimum atomic E-state index is -0.133. The number of nitrogens with one attached hydrogen (secondary N) is 2. The zero-order valence-corrected chi connectivity index (χ0v) is 10.3. The van der Waals surface area contributed by atoms with Crippen LogP contribution in [0.3, 0.4) is 0 Å². The third-order valence-electron chi connectivity index (χ3n) is 2.79. The van der Waals surface area contributed by atoms with Gasteiger partial charge in [0.25, 0.3) is 0 Å². The lowest BCUT2D eigenvalue weighted by molar-refractivity contribution is -0.121. The van der Waals surface area contributed by atoms with Crippen molar-refractivity contribution in [2.24, 2.45) is 5.73 Å². The summed E-state index contributed by atoms with van der Waals surface area (Å²) in [4.78, 5) is 22.7. The molecule has 1 aromatic carbocycles. The van der Waals surface area contributed by atoms with Gasteiger partial charge in [-0.05, 0) is 24.1 Å². The number of carbonyl (C=O) groups excluding carboxylic acids is 2. The summed E-state index contributed by atoms with van der Waals surface area (Å²) in [5.74, 6) is -0.0390. The maximum atomic E-state index is 11.5. The molecule has 1 aliphatic heterocycles. The van der Waals surface area contributed by atoms with Crippen molar-refractivity contribution in [1.29, 1.82) is 0 Å². The van der Waals surface area contributed by atoms with E-state index in [-0.39, 0.29) is 17.9 Å². The van der Waals surface area contributed by atoms with Gasteiger partial charge in [0.05, 0.1) is 6.42 Å². The second kappa shape index (κ2) is 5.18. The number of nitrogens with two attached hydrogens (primary N) is 1. The molecule has 1 unspecified atom stereocenters. The van der Waals surface area contributed by atoms with Crippen LogP contribution in [-0.4, -0.2) is 17.9 Å². The lowest BCUT2D eigenvalue weighted by atomic mass is 10.1. The molecule has 2 rings (SSSR count). The molecule has 0 bridgehead atoms. The number of carbonyl (C=O) groups is 2. The number of rotatable bonds is 4. The molecule has 1 heterocycles. The van der Waals surface area contributed by atoms with E-state index in [2.05, 4.69) is 10.6 Å². The monoisotopic (exact) mass is 247 g/mol. The third-order valence-corrected chi connectivity index (χ3v) is 2.79. The van der Waals surface area contributed by atoms with Gasteiger partial charge in [-0.15, -0.1) is 0 Å². The summed E-state index contributed by atoms with van der Waals surface area (Å²) in [5.41, 5.74) is 8.39. The van der Waals surface area contributed by atoms with Crippen LogP contribution in [0.1, 0.15) is 24.5 Å². The van der Waals surface area contributed by atoms with Crippen LogP contribution in [-0.2, 0) is 22.6 Å². The molecule has 0 aliphatic carbocycles. The van der Waals surface area contributed by atoms with Crippen LogP contribution in [0.25, 0.3) is 0 Å².